The maximum absolute atomic E-state index is 6.18. The summed E-state index contributed by atoms with van der Waals surface area (Å²) >= 11 is 6.18. The average Bonchev–Trinajstić information content (AvgIpc) is 2.40. The molecule has 0 atom stereocenters. The van der Waals surface area contributed by atoms with Gasteiger partial charge in [-0.25, -0.2) is 0 Å². The van der Waals surface area contributed by atoms with Crippen LogP contribution in [0.4, 0.5) is 0 Å². The Kier molecular flexibility index (Phi) is 4.73. The summed E-state index contributed by atoms with van der Waals surface area (Å²) in [4.78, 5) is 4.13. The van der Waals surface area contributed by atoms with E-state index in [4.69, 9.17) is 11.6 Å². The number of benzene rings is 1. The molecule has 0 saturated heterocycles. The van der Waals surface area contributed by atoms with Gasteiger partial charge in [0.2, 0.25) is 0 Å². The molecule has 18 heavy (non-hydrogen) atoms. The minimum Gasteiger partial charge on any atom is -0.313 e. The van der Waals surface area contributed by atoms with Gasteiger partial charge in [0, 0.05) is 24.0 Å². The van der Waals surface area contributed by atoms with Crippen LogP contribution in [0.2, 0.25) is 5.02 Å². The minimum absolute atomic E-state index is 0.816. The number of nitrogens with zero attached hydrogens (tertiary/aromatic N) is 1. The topological polar surface area (TPSA) is 24.9 Å². The summed E-state index contributed by atoms with van der Waals surface area (Å²) in [6.45, 7) is 3.85. The zero-order valence-electron chi connectivity index (χ0n) is 10.5. The fourth-order valence-electron chi connectivity index (χ4n) is 1.87. The van der Waals surface area contributed by atoms with Crippen molar-refractivity contribution in [2.24, 2.45) is 0 Å². The minimum atomic E-state index is 0.816. The Morgan fingerprint density at radius 1 is 1.22 bits per heavy atom. The molecule has 2 aromatic rings. The van der Waals surface area contributed by atoms with E-state index in [9.17, 15) is 0 Å². The van der Waals surface area contributed by atoms with Gasteiger partial charge in [-0.15, -0.1) is 0 Å². The van der Waals surface area contributed by atoms with Gasteiger partial charge in [0.25, 0.3) is 0 Å². The molecule has 2 nitrogen and oxygen atoms in total. The van der Waals surface area contributed by atoms with Gasteiger partial charge in [-0.3, -0.25) is 4.98 Å². The van der Waals surface area contributed by atoms with Crippen LogP contribution in [0.5, 0.6) is 0 Å². The van der Waals surface area contributed by atoms with Crippen molar-refractivity contribution in [2.45, 2.75) is 19.9 Å². The van der Waals surface area contributed by atoms with Crippen LogP contribution in [-0.2, 0) is 13.0 Å². The van der Waals surface area contributed by atoms with Crippen LogP contribution in [0, 0.1) is 0 Å². The van der Waals surface area contributed by atoms with Crippen molar-refractivity contribution in [3.8, 4) is 0 Å². The van der Waals surface area contributed by atoms with E-state index < -0.39 is 0 Å². The number of hydrogen-bond acceptors (Lipinski definition) is 2. The molecule has 0 amide bonds. The van der Waals surface area contributed by atoms with E-state index >= 15 is 0 Å². The fourth-order valence-corrected chi connectivity index (χ4v) is 2.06. The quantitative estimate of drug-likeness (QED) is 0.891. The van der Waals surface area contributed by atoms with Crippen LogP contribution in [0.3, 0.4) is 0 Å². The third-order valence-electron chi connectivity index (χ3n) is 2.81. The van der Waals surface area contributed by atoms with Crippen molar-refractivity contribution < 1.29 is 0 Å². The molecule has 1 aromatic heterocycles. The summed E-state index contributed by atoms with van der Waals surface area (Å²) in [6.07, 6.45) is 4.59. The Bertz CT molecular complexity index is 497. The molecule has 3 heteroatoms. The molecule has 1 heterocycles. The van der Waals surface area contributed by atoms with Gasteiger partial charge in [-0.05, 0) is 41.8 Å². The van der Waals surface area contributed by atoms with Gasteiger partial charge in [0.15, 0.2) is 0 Å². The summed E-state index contributed by atoms with van der Waals surface area (Å²) in [5.41, 5.74) is 3.63. The van der Waals surface area contributed by atoms with E-state index in [2.05, 4.69) is 35.4 Å². The van der Waals surface area contributed by atoms with E-state index in [0.717, 1.165) is 30.1 Å². The Labute approximate surface area is 113 Å². The normalized spacial score (nSPS) is 10.6. The maximum Gasteiger partial charge on any atom is 0.0451 e. The summed E-state index contributed by atoms with van der Waals surface area (Å²) in [5.74, 6) is 0. The molecule has 0 aliphatic heterocycles. The van der Waals surface area contributed by atoms with Crippen molar-refractivity contribution >= 4 is 11.6 Å². The van der Waals surface area contributed by atoms with Gasteiger partial charge >= 0.3 is 0 Å². The Hall–Kier alpha value is -1.38. The van der Waals surface area contributed by atoms with Crippen molar-refractivity contribution in [2.75, 3.05) is 6.54 Å². The first-order chi connectivity index (χ1) is 8.79. The first-order valence-electron chi connectivity index (χ1n) is 6.16. The lowest BCUT2D eigenvalue weighted by Gasteiger charge is -2.08. The summed E-state index contributed by atoms with van der Waals surface area (Å²) in [7, 11) is 0. The van der Waals surface area contributed by atoms with Crippen LogP contribution in [0.1, 0.15) is 23.6 Å². The second kappa shape index (κ2) is 6.53. The lowest BCUT2D eigenvalue weighted by atomic mass is 10.0. The highest BCUT2D eigenvalue weighted by molar-refractivity contribution is 6.31. The summed E-state index contributed by atoms with van der Waals surface area (Å²) < 4.78 is 0. The van der Waals surface area contributed by atoms with Gasteiger partial charge in [0.1, 0.15) is 0 Å². The molecule has 0 fully saturated rings. The average molecular weight is 261 g/mol. The zero-order chi connectivity index (χ0) is 12.8. The number of rotatable bonds is 5. The Morgan fingerprint density at radius 3 is 2.83 bits per heavy atom. The fraction of sp³-hybridized carbons (Fsp3) is 0.267. The predicted octanol–water partition coefficient (Wildman–Crippen LogP) is 3.44. The molecule has 0 aliphatic rings. The number of nitrogens with one attached hydrogen (secondary N) is 1. The van der Waals surface area contributed by atoms with Gasteiger partial charge < -0.3 is 5.32 Å². The number of hydrogen-bond donors (Lipinski definition) is 1. The Balaban J connectivity index is 2.14. The number of halogens is 1. The second-order valence-corrected chi connectivity index (χ2v) is 4.65. The summed E-state index contributed by atoms with van der Waals surface area (Å²) in [6, 6.07) is 10.3. The van der Waals surface area contributed by atoms with Crippen molar-refractivity contribution in [1.29, 1.82) is 0 Å². The molecule has 1 N–H and O–H groups in total. The second-order valence-electron chi connectivity index (χ2n) is 4.24. The van der Waals surface area contributed by atoms with E-state index in [1.54, 1.807) is 6.20 Å². The van der Waals surface area contributed by atoms with Crippen LogP contribution < -0.4 is 5.32 Å². The molecular formula is C15H17ClN2. The molecule has 0 unspecified atom stereocenters. The lowest BCUT2D eigenvalue weighted by Crippen LogP contribution is -2.12. The predicted molar refractivity (Wildman–Crippen MR) is 75.9 cm³/mol. The van der Waals surface area contributed by atoms with E-state index in [-0.39, 0.29) is 0 Å². The first-order valence-corrected chi connectivity index (χ1v) is 6.54. The van der Waals surface area contributed by atoms with Crippen LogP contribution in [-0.4, -0.2) is 11.5 Å². The molecule has 0 saturated carbocycles. The highest BCUT2D eigenvalue weighted by Gasteiger charge is 2.03. The number of pyridine rings is 1. The molecular weight excluding hydrogens is 244 g/mol. The molecule has 1 aromatic carbocycles. The Morgan fingerprint density at radius 2 is 2.11 bits per heavy atom. The highest BCUT2D eigenvalue weighted by Crippen LogP contribution is 2.19. The first kappa shape index (κ1) is 13.1. The van der Waals surface area contributed by atoms with Crippen molar-refractivity contribution in [3.05, 3.63) is 64.4 Å². The third-order valence-corrected chi connectivity index (χ3v) is 3.18. The summed E-state index contributed by atoms with van der Waals surface area (Å²) in [5, 5.41) is 4.12. The van der Waals surface area contributed by atoms with Crippen LogP contribution in [0.15, 0.2) is 42.7 Å². The van der Waals surface area contributed by atoms with Gasteiger partial charge in [0.05, 0.1) is 0 Å². The third kappa shape index (κ3) is 3.56. The standard InChI is InChI=1S/C15H17ClN2/c1-2-17-11-14-9-12(5-6-15(14)16)8-13-4-3-7-18-10-13/h3-7,9-10,17H,2,8,11H2,1H3. The largest absolute Gasteiger partial charge is 0.313 e. The van der Waals surface area contributed by atoms with Gasteiger partial charge in [-0.2, -0.15) is 0 Å². The van der Waals surface area contributed by atoms with Gasteiger partial charge in [-0.1, -0.05) is 36.7 Å². The number of aromatic nitrogens is 1. The SMILES string of the molecule is CCNCc1cc(Cc2cccnc2)ccc1Cl. The molecule has 0 bridgehead atoms. The van der Waals surface area contributed by atoms with E-state index in [1.165, 1.54) is 11.1 Å². The van der Waals surface area contributed by atoms with Crippen LogP contribution >= 0.6 is 11.6 Å². The van der Waals surface area contributed by atoms with E-state index in [0.29, 0.717) is 0 Å². The van der Waals surface area contributed by atoms with E-state index in [1.807, 2.05) is 18.3 Å². The van der Waals surface area contributed by atoms with Crippen LogP contribution in [0.25, 0.3) is 0 Å². The molecule has 94 valence electrons. The lowest BCUT2D eigenvalue weighted by molar-refractivity contribution is 0.726. The molecule has 0 radical (unpaired) electrons. The molecule has 0 aliphatic carbocycles. The van der Waals surface area contributed by atoms with Crippen molar-refractivity contribution in [1.82, 2.24) is 10.3 Å². The molecule has 0 spiro atoms. The maximum atomic E-state index is 6.18. The monoisotopic (exact) mass is 260 g/mol. The smallest absolute Gasteiger partial charge is 0.0451 e. The zero-order valence-corrected chi connectivity index (χ0v) is 11.2. The highest BCUT2D eigenvalue weighted by atomic mass is 35.5. The molecule has 2 rings (SSSR count). The van der Waals surface area contributed by atoms with Crippen molar-refractivity contribution in [3.63, 3.8) is 0 Å².